The van der Waals surface area contributed by atoms with Crippen molar-refractivity contribution in [3.8, 4) is 0 Å². The van der Waals surface area contributed by atoms with Gasteiger partial charge >= 0.3 is 0 Å². The van der Waals surface area contributed by atoms with E-state index in [4.69, 9.17) is 15.0 Å². The molecule has 1 aromatic carbocycles. The first-order valence-electron chi connectivity index (χ1n) is 10.6. The van der Waals surface area contributed by atoms with Crippen molar-refractivity contribution in [2.45, 2.75) is 45.3 Å². The molecule has 1 aliphatic heterocycles. The molecule has 32 heavy (non-hydrogen) atoms. The van der Waals surface area contributed by atoms with Crippen LogP contribution in [0.15, 0.2) is 46.6 Å². The van der Waals surface area contributed by atoms with E-state index in [-0.39, 0.29) is 23.7 Å². The maximum absolute atomic E-state index is 12.5. The number of anilines is 1. The molecule has 3 heterocycles. The molecule has 2 aromatic heterocycles. The van der Waals surface area contributed by atoms with Gasteiger partial charge in [0, 0.05) is 17.9 Å². The number of hydrogen-bond acceptors (Lipinski definition) is 7. The number of benzene rings is 1. The van der Waals surface area contributed by atoms with Gasteiger partial charge in [0.05, 0.1) is 31.7 Å². The highest BCUT2D eigenvalue weighted by Gasteiger charge is 2.37. The van der Waals surface area contributed by atoms with Crippen molar-refractivity contribution >= 4 is 17.1 Å². The standard InChI is InChI=1S/C21H26N8O3/c1-13(2)9-23-21-26-19-18(20(30)27-21)24-12-29(19)17-8-15(16(32-17)10-25-28-22)31-11-14-6-4-3-5-7-14/h3-7,12-13,15-17H,8-11H2,1-2H3,(H2,23,26,27,30)/t15-,16+,17+/m0/s1. The van der Waals surface area contributed by atoms with Crippen molar-refractivity contribution in [2.75, 3.05) is 18.4 Å². The summed E-state index contributed by atoms with van der Waals surface area (Å²) in [6.45, 7) is 5.38. The first-order chi connectivity index (χ1) is 15.5. The minimum absolute atomic E-state index is 0.147. The Morgan fingerprint density at radius 2 is 2.22 bits per heavy atom. The minimum Gasteiger partial charge on any atom is -0.371 e. The number of azide groups is 1. The third kappa shape index (κ3) is 4.91. The van der Waals surface area contributed by atoms with Crippen LogP contribution in [0.2, 0.25) is 0 Å². The van der Waals surface area contributed by atoms with Crippen molar-refractivity contribution in [2.24, 2.45) is 11.0 Å². The van der Waals surface area contributed by atoms with E-state index < -0.39 is 12.3 Å². The Morgan fingerprint density at radius 3 is 2.97 bits per heavy atom. The summed E-state index contributed by atoms with van der Waals surface area (Å²) in [7, 11) is 0. The van der Waals surface area contributed by atoms with E-state index in [1.807, 2.05) is 30.3 Å². The van der Waals surface area contributed by atoms with Gasteiger partial charge in [0.15, 0.2) is 11.2 Å². The lowest BCUT2D eigenvalue weighted by Crippen LogP contribution is -2.27. The second-order valence-corrected chi connectivity index (χ2v) is 8.13. The predicted molar refractivity (Wildman–Crippen MR) is 119 cm³/mol. The molecule has 0 radical (unpaired) electrons. The zero-order valence-electron chi connectivity index (χ0n) is 18.0. The number of fused-ring (bicyclic) bond motifs is 1. The summed E-state index contributed by atoms with van der Waals surface area (Å²) in [5.41, 5.74) is 10.1. The number of nitrogens with one attached hydrogen (secondary N) is 2. The minimum atomic E-state index is -0.452. The summed E-state index contributed by atoms with van der Waals surface area (Å²) in [6, 6.07) is 9.83. The molecule has 1 aliphatic rings. The maximum Gasteiger partial charge on any atom is 0.280 e. The molecule has 0 unspecified atom stereocenters. The lowest BCUT2D eigenvalue weighted by molar-refractivity contribution is -0.0366. The van der Waals surface area contributed by atoms with Gasteiger partial charge in [-0.2, -0.15) is 4.98 Å². The van der Waals surface area contributed by atoms with Gasteiger partial charge in [0.25, 0.3) is 5.56 Å². The molecule has 168 valence electrons. The van der Waals surface area contributed by atoms with Crippen molar-refractivity contribution in [1.82, 2.24) is 19.5 Å². The van der Waals surface area contributed by atoms with Gasteiger partial charge in [-0.25, -0.2) is 4.98 Å². The van der Waals surface area contributed by atoms with E-state index in [1.165, 1.54) is 0 Å². The molecule has 1 fully saturated rings. The van der Waals surface area contributed by atoms with Gasteiger partial charge in [-0.05, 0) is 17.0 Å². The van der Waals surface area contributed by atoms with Gasteiger partial charge in [-0.1, -0.05) is 49.3 Å². The second kappa shape index (κ2) is 9.82. The topological polar surface area (TPSA) is 143 Å². The number of imidazole rings is 1. The fourth-order valence-electron chi connectivity index (χ4n) is 3.63. The van der Waals surface area contributed by atoms with E-state index in [0.717, 1.165) is 5.56 Å². The van der Waals surface area contributed by atoms with Crippen LogP contribution in [0.25, 0.3) is 21.6 Å². The lowest BCUT2D eigenvalue weighted by atomic mass is 10.1. The molecule has 0 aliphatic carbocycles. The largest absolute Gasteiger partial charge is 0.371 e. The molecule has 0 saturated carbocycles. The van der Waals surface area contributed by atoms with Gasteiger partial charge in [0.2, 0.25) is 5.95 Å². The van der Waals surface area contributed by atoms with E-state index in [2.05, 4.69) is 44.1 Å². The van der Waals surface area contributed by atoms with Crippen LogP contribution in [0, 0.1) is 5.92 Å². The fourth-order valence-corrected chi connectivity index (χ4v) is 3.63. The molecule has 1 saturated heterocycles. The van der Waals surface area contributed by atoms with Crippen LogP contribution in [0.1, 0.15) is 32.1 Å². The van der Waals surface area contributed by atoms with Gasteiger partial charge in [0.1, 0.15) is 6.23 Å². The molecule has 0 amide bonds. The quantitative estimate of drug-likeness (QED) is 0.298. The molecule has 0 bridgehead atoms. The Morgan fingerprint density at radius 1 is 1.41 bits per heavy atom. The molecule has 11 heteroatoms. The SMILES string of the molecule is CC(C)CNc1nc2c(ncn2[C@H]2C[C@H](OCc3ccccc3)[C@@H](CN=[N+]=[N-])O2)c(=O)[nH]1. The highest BCUT2D eigenvalue weighted by Crippen LogP contribution is 2.33. The summed E-state index contributed by atoms with van der Waals surface area (Å²) < 4.78 is 14.0. The summed E-state index contributed by atoms with van der Waals surface area (Å²) in [6.07, 6.45) is 0.898. The normalized spacial score (nSPS) is 20.5. The molecule has 2 N–H and O–H groups in total. The van der Waals surface area contributed by atoms with Gasteiger partial charge < -0.3 is 14.8 Å². The first-order valence-corrected chi connectivity index (χ1v) is 10.6. The Kier molecular flexibility index (Phi) is 6.69. The van der Waals surface area contributed by atoms with Crippen molar-refractivity contribution in [3.63, 3.8) is 0 Å². The molecule has 3 aromatic rings. The zero-order chi connectivity index (χ0) is 22.5. The van der Waals surface area contributed by atoms with E-state index in [0.29, 0.717) is 37.1 Å². The van der Waals surface area contributed by atoms with Crippen molar-refractivity contribution in [1.29, 1.82) is 0 Å². The van der Waals surface area contributed by atoms with Crippen LogP contribution in [-0.2, 0) is 16.1 Å². The Labute approximate surface area is 184 Å². The average Bonchev–Trinajstić information content (AvgIpc) is 3.39. The molecular formula is C21H26N8O3. The third-order valence-corrected chi connectivity index (χ3v) is 5.23. The number of hydrogen-bond donors (Lipinski definition) is 2. The highest BCUT2D eigenvalue weighted by atomic mass is 16.6. The predicted octanol–water partition coefficient (Wildman–Crippen LogP) is 3.37. The molecule has 11 nitrogen and oxygen atoms in total. The summed E-state index contributed by atoms with van der Waals surface area (Å²) in [5, 5.41) is 6.82. The smallest absolute Gasteiger partial charge is 0.280 e. The van der Waals surface area contributed by atoms with Crippen LogP contribution in [-0.4, -0.2) is 44.8 Å². The highest BCUT2D eigenvalue weighted by molar-refractivity contribution is 5.70. The van der Waals surface area contributed by atoms with Gasteiger partial charge in [-0.3, -0.25) is 14.3 Å². The van der Waals surface area contributed by atoms with E-state index >= 15 is 0 Å². The Hall–Kier alpha value is -3.40. The summed E-state index contributed by atoms with van der Waals surface area (Å²) in [5.74, 6) is 0.779. The monoisotopic (exact) mass is 438 g/mol. The number of rotatable bonds is 9. The van der Waals surface area contributed by atoms with Crippen LogP contribution < -0.4 is 10.9 Å². The van der Waals surface area contributed by atoms with Crippen LogP contribution >= 0.6 is 0 Å². The first kappa shape index (κ1) is 21.8. The van der Waals surface area contributed by atoms with Crippen LogP contribution in [0.5, 0.6) is 0 Å². The number of H-pyrrole nitrogens is 1. The fraction of sp³-hybridized carbons (Fsp3) is 0.476. The van der Waals surface area contributed by atoms with E-state index in [1.54, 1.807) is 10.9 Å². The Bertz CT molecular complexity index is 1150. The molecule has 0 spiro atoms. The van der Waals surface area contributed by atoms with E-state index in [9.17, 15) is 4.79 Å². The van der Waals surface area contributed by atoms with Gasteiger partial charge in [-0.15, -0.1) is 0 Å². The zero-order valence-corrected chi connectivity index (χ0v) is 18.0. The Balaban J connectivity index is 1.56. The second-order valence-electron chi connectivity index (χ2n) is 8.13. The summed E-state index contributed by atoms with van der Waals surface area (Å²) in [4.78, 5) is 26.8. The van der Waals surface area contributed by atoms with Crippen LogP contribution in [0.3, 0.4) is 0 Å². The lowest BCUT2D eigenvalue weighted by Gasteiger charge is -2.17. The molecular weight excluding hydrogens is 412 g/mol. The van der Waals surface area contributed by atoms with Crippen LogP contribution in [0.4, 0.5) is 5.95 Å². The molecule has 4 rings (SSSR count). The molecule has 3 atom stereocenters. The number of nitrogens with zero attached hydrogens (tertiary/aromatic N) is 6. The number of aromatic nitrogens is 4. The third-order valence-electron chi connectivity index (χ3n) is 5.23. The summed E-state index contributed by atoms with van der Waals surface area (Å²) >= 11 is 0. The van der Waals surface area contributed by atoms with Crippen molar-refractivity contribution in [3.05, 3.63) is 63.0 Å². The average molecular weight is 438 g/mol. The number of ether oxygens (including phenoxy) is 2. The maximum atomic E-state index is 12.5. The van der Waals surface area contributed by atoms with Crippen molar-refractivity contribution < 1.29 is 9.47 Å². The number of aromatic amines is 1.